The Balaban J connectivity index is 2.20. The summed E-state index contributed by atoms with van der Waals surface area (Å²) in [6.07, 6.45) is 1.74. The summed E-state index contributed by atoms with van der Waals surface area (Å²) in [6.45, 7) is 1.91. The van der Waals surface area contributed by atoms with Crippen LogP contribution in [0.3, 0.4) is 0 Å². The molecule has 0 radical (unpaired) electrons. The zero-order chi connectivity index (χ0) is 9.10. The van der Waals surface area contributed by atoms with E-state index in [9.17, 15) is 0 Å². The second kappa shape index (κ2) is 3.49. The molecule has 0 aliphatic heterocycles. The van der Waals surface area contributed by atoms with Crippen molar-refractivity contribution in [3.63, 3.8) is 0 Å². The molecule has 0 fully saturated rings. The molecule has 4 nitrogen and oxygen atoms in total. The van der Waals surface area contributed by atoms with Crippen molar-refractivity contribution in [1.82, 2.24) is 14.6 Å². The lowest BCUT2D eigenvalue weighted by atomic mass is 10.4. The maximum absolute atomic E-state index is 4.13. The molecule has 0 saturated carbocycles. The monoisotopic (exact) mass is 192 g/mol. The molecule has 0 unspecified atom stereocenters. The molecule has 5 heteroatoms. The average molecular weight is 192 g/mol. The second-order valence-corrected chi connectivity index (χ2v) is 3.28. The lowest BCUT2D eigenvalue weighted by Gasteiger charge is -2.00. The van der Waals surface area contributed by atoms with E-state index in [0.29, 0.717) is 0 Å². The second-order valence-electron chi connectivity index (χ2n) is 2.53. The van der Waals surface area contributed by atoms with Gasteiger partial charge in [-0.2, -0.15) is 0 Å². The molecule has 2 aromatic rings. The molecule has 0 aliphatic carbocycles. The molecule has 13 heavy (non-hydrogen) atoms. The summed E-state index contributed by atoms with van der Waals surface area (Å²) in [4.78, 5) is 4.13. The summed E-state index contributed by atoms with van der Waals surface area (Å²) in [5.41, 5.74) is 0.899. The van der Waals surface area contributed by atoms with E-state index in [1.807, 2.05) is 25.1 Å². The predicted octanol–water partition coefficient (Wildman–Crippen LogP) is 1.99. The Labute approximate surface area is 79.8 Å². The summed E-state index contributed by atoms with van der Waals surface area (Å²) < 4.78 is 3.82. The van der Waals surface area contributed by atoms with Crippen LogP contribution in [0.2, 0.25) is 0 Å². The van der Waals surface area contributed by atoms with Gasteiger partial charge in [0.2, 0.25) is 0 Å². The fourth-order valence-electron chi connectivity index (χ4n) is 0.900. The molecule has 0 bridgehead atoms. The van der Waals surface area contributed by atoms with E-state index in [4.69, 9.17) is 0 Å². The molecule has 1 N–H and O–H groups in total. The van der Waals surface area contributed by atoms with Crippen LogP contribution in [-0.2, 0) is 0 Å². The number of hydrogen-bond acceptors (Lipinski definition) is 5. The van der Waals surface area contributed by atoms with Crippen molar-refractivity contribution in [3.8, 4) is 0 Å². The summed E-state index contributed by atoms with van der Waals surface area (Å²) in [6, 6.07) is 5.71. The third-order valence-electron chi connectivity index (χ3n) is 1.56. The first-order chi connectivity index (χ1) is 6.36. The van der Waals surface area contributed by atoms with Crippen LogP contribution in [0.4, 0.5) is 10.8 Å². The van der Waals surface area contributed by atoms with Crippen molar-refractivity contribution in [3.05, 3.63) is 30.1 Å². The van der Waals surface area contributed by atoms with Crippen LogP contribution >= 0.6 is 11.5 Å². The predicted molar refractivity (Wildman–Crippen MR) is 52.2 cm³/mol. The molecule has 0 spiro atoms. The number of pyridine rings is 1. The molecule has 0 amide bonds. The van der Waals surface area contributed by atoms with Crippen LogP contribution in [0, 0.1) is 6.92 Å². The van der Waals surface area contributed by atoms with Gasteiger partial charge in [-0.15, -0.1) is 5.10 Å². The largest absolute Gasteiger partial charge is 0.329 e. The molecule has 0 aliphatic rings. The third kappa shape index (κ3) is 1.81. The molecule has 0 saturated heterocycles. The molecule has 2 heterocycles. The lowest BCUT2D eigenvalue weighted by Crippen LogP contribution is -1.91. The van der Waals surface area contributed by atoms with E-state index < -0.39 is 0 Å². The summed E-state index contributed by atoms with van der Waals surface area (Å²) >= 11 is 1.33. The van der Waals surface area contributed by atoms with Crippen molar-refractivity contribution in [1.29, 1.82) is 0 Å². The molecule has 66 valence electrons. The number of hydrogen-bond donors (Lipinski definition) is 1. The fraction of sp³-hybridized carbons (Fsp3) is 0.125. The Kier molecular flexibility index (Phi) is 2.18. The van der Waals surface area contributed by atoms with Crippen molar-refractivity contribution in [2.24, 2.45) is 0 Å². The number of aromatic nitrogens is 3. The summed E-state index contributed by atoms with van der Waals surface area (Å²) in [5.74, 6) is 0.816. The van der Waals surface area contributed by atoms with E-state index in [1.54, 1.807) is 6.20 Å². The van der Waals surface area contributed by atoms with Crippen LogP contribution in [0.15, 0.2) is 24.4 Å². The van der Waals surface area contributed by atoms with Gasteiger partial charge in [0.15, 0.2) is 0 Å². The quantitative estimate of drug-likeness (QED) is 0.790. The van der Waals surface area contributed by atoms with Gasteiger partial charge in [0.25, 0.3) is 0 Å². The smallest absolute Gasteiger partial charge is 0.138 e. The first-order valence-corrected chi connectivity index (χ1v) is 4.60. The fourth-order valence-corrected chi connectivity index (χ4v) is 1.47. The highest BCUT2D eigenvalue weighted by Gasteiger charge is 2.02. The highest BCUT2D eigenvalue weighted by atomic mass is 32.1. The topological polar surface area (TPSA) is 50.7 Å². The van der Waals surface area contributed by atoms with Gasteiger partial charge in [-0.05, 0) is 19.1 Å². The molecular weight excluding hydrogens is 184 g/mol. The molecule has 2 aromatic heterocycles. The van der Waals surface area contributed by atoms with Gasteiger partial charge in [0.05, 0.1) is 5.69 Å². The van der Waals surface area contributed by atoms with Crippen LogP contribution in [0.5, 0.6) is 0 Å². The van der Waals surface area contributed by atoms with Crippen molar-refractivity contribution in [2.75, 3.05) is 5.32 Å². The first kappa shape index (κ1) is 8.12. The third-order valence-corrected chi connectivity index (χ3v) is 2.30. The highest BCUT2D eigenvalue weighted by molar-refractivity contribution is 7.10. The SMILES string of the molecule is Cc1nnsc1Nc1ccccn1. The maximum Gasteiger partial charge on any atom is 0.138 e. The number of rotatable bonds is 2. The van der Waals surface area contributed by atoms with Gasteiger partial charge >= 0.3 is 0 Å². The number of aryl methyl sites for hydroxylation is 1. The molecule has 0 atom stereocenters. The van der Waals surface area contributed by atoms with E-state index in [2.05, 4.69) is 19.9 Å². The van der Waals surface area contributed by atoms with Crippen LogP contribution in [0.1, 0.15) is 5.69 Å². The van der Waals surface area contributed by atoms with Crippen molar-refractivity contribution >= 4 is 22.4 Å². The van der Waals surface area contributed by atoms with Crippen LogP contribution in [0.25, 0.3) is 0 Å². The van der Waals surface area contributed by atoms with Gasteiger partial charge in [-0.25, -0.2) is 4.98 Å². The molecule has 2 rings (SSSR count). The number of anilines is 2. The van der Waals surface area contributed by atoms with Crippen molar-refractivity contribution < 1.29 is 0 Å². The Morgan fingerprint density at radius 2 is 2.31 bits per heavy atom. The summed E-state index contributed by atoms with van der Waals surface area (Å²) in [7, 11) is 0. The average Bonchev–Trinajstić information content (AvgIpc) is 2.54. The number of nitrogens with one attached hydrogen (secondary N) is 1. The van der Waals surface area contributed by atoms with E-state index in [1.165, 1.54) is 11.5 Å². The standard InChI is InChI=1S/C8H8N4S/c1-6-8(13-12-11-6)10-7-4-2-3-5-9-7/h2-5H,1H3,(H,9,10). The minimum Gasteiger partial charge on any atom is -0.329 e. The van der Waals surface area contributed by atoms with Gasteiger partial charge in [0, 0.05) is 17.7 Å². The normalized spacial score (nSPS) is 9.92. The Hall–Kier alpha value is -1.49. The minimum absolute atomic E-state index is 0.816. The molecule has 0 aromatic carbocycles. The minimum atomic E-state index is 0.816. The zero-order valence-electron chi connectivity index (χ0n) is 7.06. The van der Waals surface area contributed by atoms with Gasteiger partial charge in [0.1, 0.15) is 10.8 Å². The van der Waals surface area contributed by atoms with Crippen molar-refractivity contribution in [2.45, 2.75) is 6.92 Å². The first-order valence-electron chi connectivity index (χ1n) is 3.83. The van der Waals surface area contributed by atoms with Gasteiger partial charge in [-0.1, -0.05) is 10.6 Å². The number of nitrogens with zero attached hydrogens (tertiary/aromatic N) is 3. The van der Waals surface area contributed by atoms with E-state index in [0.717, 1.165) is 16.5 Å². The van der Waals surface area contributed by atoms with Gasteiger partial charge < -0.3 is 5.32 Å². The van der Waals surface area contributed by atoms with Crippen LogP contribution in [-0.4, -0.2) is 14.6 Å². The Morgan fingerprint density at radius 1 is 1.38 bits per heavy atom. The summed E-state index contributed by atoms with van der Waals surface area (Å²) in [5, 5.41) is 7.97. The maximum atomic E-state index is 4.13. The Bertz CT molecular complexity index is 384. The van der Waals surface area contributed by atoms with E-state index in [-0.39, 0.29) is 0 Å². The van der Waals surface area contributed by atoms with E-state index >= 15 is 0 Å². The van der Waals surface area contributed by atoms with Gasteiger partial charge in [-0.3, -0.25) is 0 Å². The zero-order valence-corrected chi connectivity index (χ0v) is 7.88. The lowest BCUT2D eigenvalue weighted by molar-refractivity contribution is 1.09. The molecular formula is C8H8N4S. The highest BCUT2D eigenvalue weighted by Crippen LogP contribution is 2.20. The Morgan fingerprint density at radius 3 is 2.92 bits per heavy atom. The van der Waals surface area contributed by atoms with Crippen LogP contribution < -0.4 is 5.32 Å².